The number of aromatic nitrogens is 2. The van der Waals surface area contributed by atoms with Gasteiger partial charge in [0.15, 0.2) is 0 Å². The van der Waals surface area contributed by atoms with Crippen molar-refractivity contribution in [2.45, 2.75) is 26.8 Å². The van der Waals surface area contributed by atoms with E-state index in [1.54, 1.807) is 12.4 Å². The van der Waals surface area contributed by atoms with Crippen molar-refractivity contribution in [1.29, 1.82) is 5.26 Å². The standard InChI is InChI=1S/C15H14ClN3/c1-15(2)6-14-12(5-10(7-17)19(14)9-15)11-3-4-18-8-13(11)16/h3-5,8H,6,9H2,1-2H3. The van der Waals surface area contributed by atoms with Crippen LogP contribution < -0.4 is 0 Å². The Bertz CT molecular complexity index is 692. The maximum atomic E-state index is 9.29. The van der Waals surface area contributed by atoms with Gasteiger partial charge in [-0.15, -0.1) is 0 Å². The van der Waals surface area contributed by atoms with E-state index in [2.05, 4.69) is 29.5 Å². The van der Waals surface area contributed by atoms with E-state index in [0.717, 1.165) is 24.1 Å². The topological polar surface area (TPSA) is 41.6 Å². The van der Waals surface area contributed by atoms with Gasteiger partial charge in [0.25, 0.3) is 0 Å². The molecule has 0 aliphatic carbocycles. The van der Waals surface area contributed by atoms with Gasteiger partial charge in [-0.2, -0.15) is 5.26 Å². The Labute approximate surface area is 117 Å². The van der Waals surface area contributed by atoms with Crippen molar-refractivity contribution in [3.05, 3.63) is 40.9 Å². The van der Waals surface area contributed by atoms with Crippen LogP contribution in [-0.4, -0.2) is 9.55 Å². The Balaban J connectivity index is 2.21. The van der Waals surface area contributed by atoms with E-state index in [1.165, 1.54) is 5.69 Å². The molecule has 19 heavy (non-hydrogen) atoms. The summed E-state index contributed by atoms with van der Waals surface area (Å²) in [5.74, 6) is 0. The van der Waals surface area contributed by atoms with E-state index in [-0.39, 0.29) is 5.41 Å². The molecule has 2 aromatic heterocycles. The predicted molar refractivity (Wildman–Crippen MR) is 74.9 cm³/mol. The summed E-state index contributed by atoms with van der Waals surface area (Å²) in [5, 5.41) is 9.92. The quantitative estimate of drug-likeness (QED) is 0.794. The van der Waals surface area contributed by atoms with Gasteiger partial charge in [-0.3, -0.25) is 4.98 Å². The van der Waals surface area contributed by atoms with E-state index in [4.69, 9.17) is 11.6 Å². The highest BCUT2D eigenvalue weighted by molar-refractivity contribution is 6.33. The van der Waals surface area contributed by atoms with E-state index in [9.17, 15) is 5.26 Å². The van der Waals surface area contributed by atoms with Crippen molar-refractivity contribution in [3.63, 3.8) is 0 Å². The number of hydrogen-bond donors (Lipinski definition) is 0. The lowest BCUT2D eigenvalue weighted by atomic mass is 9.89. The lowest BCUT2D eigenvalue weighted by Gasteiger charge is -2.15. The average molecular weight is 272 g/mol. The summed E-state index contributed by atoms with van der Waals surface area (Å²) in [6, 6.07) is 6.12. The van der Waals surface area contributed by atoms with E-state index < -0.39 is 0 Å². The van der Waals surface area contributed by atoms with Gasteiger partial charge >= 0.3 is 0 Å². The molecule has 0 amide bonds. The maximum Gasteiger partial charge on any atom is 0.121 e. The molecule has 1 aliphatic rings. The van der Waals surface area contributed by atoms with Crippen LogP contribution in [0.1, 0.15) is 25.2 Å². The van der Waals surface area contributed by atoms with Crippen LogP contribution in [0.3, 0.4) is 0 Å². The molecule has 0 radical (unpaired) electrons. The summed E-state index contributed by atoms with van der Waals surface area (Å²) in [6.07, 6.45) is 4.34. The molecule has 2 aromatic rings. The lowest BCUT2D eigenvalue weighted by molar-refractivity contribution is 0.358. The number of halogens is 1. The van der Waals surface area contributed by atoms with Crippen LogP contribution in [-0.2, 0) is 13.0 Å². The smallest absolute Gasteiger partial charge is 0.121 e. The molecule has 0 unspecified atom stereocenters. The van der Waals surface area contributed by atoms with E-state index in [1.807, 2.05) is 12.1 Å². The SMILES string of the molecule is CC1(C)Cc2c(-c3ccncc3Cl)cc(C#N)n2C1. The highest BCUT2D eigenvalue weighted by atomic mass is 35.5. The summed E-state index contributed by atoms with van der Waals surface area (Å²) < 4.78 is 2.12. The van der Waals surface area contributed by atoms with Crippen molar-refractivity contribution in [1.82, 2.24) is 9.55 Å². The fourth-order valence-electron chi connectivity index (χ4n) is 2.82. The Morgan fingerprint density at radius 2 is 2.21 bits per heavy atom. The fraction of sp³-hybridized carbons (Fsp3) is 0.333. The summed E-state index contributed by atoms with van der Waals surface area (Å²) in [6.45, 7) is 5.33. The van der Waals surface area contributed by atoms with Crippen molar-refractivity contribution in [2.75, 3.05) is 0 Å². The summed E-state index contributed by atoms with van der Waals surface area (Å²) in [4.78, 5) is 4.02. The first-order chi connectivity index (χ1) is 9.02. The maximum absolute atomic E-state index is 9.29. The van der Waals surface area contributed by atoms with Crippen LogP contribution in [0.15, 0.2) is 24.5 Å². The molecule has 0 atom stereocenters. The van der Waals surface area contributed by atoms with Gasteiger partial charge in [0.2, 0.25) is 0 Å². The first-order valence-electron chi connectivity index (χ1n) is 6.24. The third-order valence-electron chi connectivity index (χ3n) is 3.62. The zero-order valence-electron chi connectivity index (χ0n) is 10.9. The minimum Gasteiger partial charge on any atom is -0.335 e. The number of pyridine rings is 1. The lowest BCUT2D eigenvalue weighted by Crippen LogP contribution is -2.13. The van der Waals surface area contributed by atoms with Crippen LogP contribution in [0.2, 0.25) is 5.02 Å². The second kappa shape index (κ2) is 4.11. The van der Waals surface area contributed by atoms with Crippen molar-refractivity contribution in [2.24, 2.45) is 5.41 Å². The van der Waals surface area contributed by atoms with Crippen LogP contribution in [0, 0.1) is 16.7 Å². The zero-order valence-corrected chi connectivity index (χ0v) is 11.7. The number of rotatable bonds is 1. The minimum atomic E-state index is 0.191. The molecule has 96 valence electrons. The molecular weight excluding hydrogens is 258 g/mol. The largest absolute Gasteiger partial charge is 0.335 e. The molecule has 0 fully saturated rings. The molecular formula is C15H14ClN3. The second-order valence-corrected chi connectivity index (χ2v) is 6.19. The molecule has 1 aliphatic heterocycles. The third-order valence-corrected chi connectivity index (χ3v) is 3.92. The van der Waals surface area contributed by atoms with Gasteiger partial charge in [-0.25, -0.2) is 0 Å². The molecule has 0 saturated carbocycles. The molecule has 0 spiro atoms. The van der Waals surface area contributed by atoms with Crippen LogP contribution in [0.25, 0.3) is 11.1 Å². The molecule has 3 heterocycles. The fourth-order valence-corrected chi connectivity index (χ4v) is 3.04. The van der Waals surface area contributed by atoms with Crippen LogP contribution >= 0.6 is 11.6 Å². The second-order valence-electron chi connectivity index (χ2n) is 5.78. The van der Waals surface area contributed by atoms with Crippen LogP contribution in [0.4, 0.5) is 0 Å². The average Bonchev–Trinajstić information content (AvgIpc) is 2.83. The van der Waals surface area contributed by atoms with Crippen molar-refractivity contribution < 1.29 is 0 Å². The van der Waals surface area contributed by atoms with Crippen molar-refractivity contribution in [3.8, 4) is 17.2 Å². The number of hydrogen-bond acceptors (Lipinski definition) is 2. The van der Waals surface area contributed by atoms with Gasteiger partial charge in [0.05, 0.1) is 5.02 Å². The van der Waals surface area contributed by atoms with Crippen molar-refractivity contribution >= 4 is 11.6 Å². The van der Waals surface area contributed by atoms with Gasteiger partial charge in [0, 0.05) is 35.8 Å². The zero-order chi connectivity index (χ0) is 13.6. The Morgan fingerprint density at radius 3 is 2.89 bits per heavy atom. The predicted octanol–water partition coefficient (Wildman–Crippen LogP) is 3.66. The van der Waals surface area contributed by atoms with Gasteiger partial charge in [-0.05, 0) is 24.0 Å². The number of fused-ring (bicyclic) bond motifs is 1. The summed E-state index contributed by atoms with van der Waals surface area (Å²) in [7, 11) is 0. The van der Waals surface area contributed by atoms with E-state index in [0.29, 0.717) is 10.7 Å². The Morgan fingerprint density at radius 1 is 1.42 bits per heavy atom. The number of nitriles is 1. The normalized spacial score (nSPS) is 16.1. The van der Waals surface area contributed by atoms with E-state index >= 15 is 0 Å². The Kier molecular flexibility index (Phi) is 2.65. The Hall–Kier alpha value is -1.79. The molecule has 3 rings (SSSR count). The molecule has 0 saturated heterocycles. The monoisotopic (exact) mass is 271 g/mol. The number of nitrogens with zero attached hydrogens (tertiary/aromatic N) is 3. The molecule has 0 N–H and O–H groups in total. The third kappa shape index (κ3) is 1.93. The summed E-state index contributed by atoms with van der Waals surface area (Å²) >= 11 is 6.23. The minimum absolute atomic E-state index is 0.191. The first-order valence-corrected chi connectivity index (χ1v) is 6.62. The van der Waals surface area contributed by atoms with Gasteiger partial charge in [0.1, 0.15) is 11.8 Å². The summed E-state index contributed by atoms with van der Waals surface area (Å²) in [5.41, 5.74) is 4.13. The molecule has 3 nitrogen and oxygen atoms in total. The van der Waals surface area contributed by atoms with Gasteiger partial charge < -0.3 is 4.57 Å². The highest BCUT2D eigenvalue weighted by Gasteiger charge is 2.33. The molecule has 0 bridgehead atoms. The molecule has 0 aromatic carbocycles. The molecule has 4 heteroatoms. The van der Waals surface area contributed by atoms with Gasteiger partial charge in [-0.1, -0.05) is 25.4 Å². The first kappa shape index (κ1) is 12.3. The van der Waals surface area contributed by atoms with Crippen LogP contribution in [0.5, 0.6) is 0 Å². The highest BCUT2D eigenvalue weighted by Crippen LogP contribution is 2.41.